The fraction of sp³-hybridized carbons (Fsp3) is 0.778. The topological polar surface area (TPSA) is 46.6 Å². The Labute approximate surface area is 197 Å². The molecule has 32 heavy (non-hydrogen) atoms. The minimum atomic E-state index is -3.03. The van der Waals surface area contributed by atoms with Gasteiger partial charge in [0.05, 0.1) is 22.7 Å². The number of hydrogen-bond acceptors (Lipinski definition) is 4. The Balaban J connectivity index is 1.44. The Morgan fingerprint density at radius 1 is 0.938 bits per heavy atom. The molecule has 1 saturated carbocycles. The first kappa shape index (κ1) is 25.6. The van der Waals surface area contributed by atoms with Crippen molar-refractivity contribution in [2.24, 2.45) is 11.8 Å². The van der Waals surface area contributed by atoms with Crippen LogP contribution in [0.5, 0.6) is 0 Å². The van der Waals surface area contributed by atoms with E-state index in [-0.39, 0.29) is 12.2 Å². The van der Waals surface area contributed by atoms with Crippen molar-refractivity contribution >= 4 is 15.5 Å². The van der Waals surface area contributed by atoms with Crippen LogP contribution in [0, 0.1) is 11.8 Å². The lowest BCUT2D eigenvalue weighted by Gasteiger charge is -2.37. The maximum absolute atomic E-state index is 12.9. The Hall–Kier alpha value is -1.07. The zero-order valence-electron chi connectivity index (χ0n) is 21.0. The second-order valence-corrected chi connectivity index (χ2v) is 13.2. The smallest absolute Gasteiger partial charge is 0.155 e. The number of morpholine rings is 1. The molecule has 0 spiro atoms. The summed E-state index contributed by atoms with van der Waals surface area (Å²) in [5.41, 5.74) is 2.71. The van der Waals surface area contributed by atoms with Crippen molar-refractivity contribution in [3.63, 3.8) is 0 Å². The molecule has 182 valence electrons. The molecule has 4 nitrogen and oxygen atoms in total. The molecular weight excluding hydrogens is 418 g/mol. The van der Waals surface area contributed by atoms with Crippen molar-refractivity contribution in [3.8, 4) is 0 Å². The fourth-order valence-electron chi connectivity index (χ4n) is 5.52. The molecule has 2 atom stereocenters. The van der Waals surface area contributed by atoms with Gasteiger partial charge in [0.2, 0.25) is 0 Å². The van der Waals surface area contributed by atoms with Crippen molar-refractivity contribution in [1.29, 1.82) is 0 Å². The number of rotatable bonds is 9. The largest absolute Gasteiger partial charge is 0.372 e. The van der Waals surface area contributed by atoms with Gasteiger partial charge in [-0.25, -0.2) is 8.42 Å². The minimum absolute atomic E-state index is 0.279. The number of anilines is 1. The molecular formula is C27H45NO3S. The van der Waals surface area contributed by atoms with Crippen LogP contribution >= 0.6 is 0 Å². The van der Waals surface area contributed by atoms with Crippen molar-refractivity contribution in [2.75, 3.05) is 23.7 Å². The predicted octanol–water partition coefficient (Wildman–Crippen LogP) is 6.03. The monoisotopic (exact) mass is 463 g/mol. The van der Waals surface area contributed by atoms with Crippen LogP contribution in [0.25, 0.3) is 0 Å². The van der Waals surface area contributed by atoms with Crippen molar-refractivity contribution in [2.45, 2.75) is 103 Å². The van der Waals surface area contributed by atoms with Crippen LogP contribution in [0.15, 0.2) is 24.3 Å². The van der Waals surface area contributed by atoms with E-state index in [4.69, 9.17) is 4.74 Å². The van der Waals surface area contributed by atoms with Crippen LogP contribution in [0.2, 0.25) is 0 Å². The van der Waals surface area contributed by atoms with Crippen LogP contribution in [-0.2, 0) is 21.0 Å². The van der Waals surface area contributed by atoms with E-state index in [0.29, 0.717) is 24.5 Å². The highest BCUT2D eigenvalue weighted by molar-refractivity contribution is 7.92. The second kappa shape index (κ2) is 10.9. The Morgan fingerprint density at radius 2 is 1.47 bits per heavy atom. The van der Waals surface area contributed by atoms with E-state index in [1.807, 2.05) is 20.8 Å². The molecule has 1 saturated heterocycles. The summed E-state index contributed by atoms with van der Waals surface area (Å²) in [6.45, 7) is 12.1. The SMILES string of the molecule is CCC(C)(CC)S(=O)(=O)CC1CCC(CCc2ccc(N3C[C@@H](C)O[C@@H](C)C3)cc2)CC1. The van der Waals surface area contributed by atoms with Crippen LogP contribution < -0.4 is 4.90 Å². The van der Waals surface area contributed by atoms with Gasteiger partial charge in [-0.1, -0.05) is 38.8 Å². The lowest BCUT2D eigenvalue weighted by atomic mass is 9.80. The first-order valence-electron chi connectivity index (χ1n) is 12.9. The molecule has 1 aliphatic carbocycles. The van der Waals surface area contributed by atoms with Gasteiger partial charge in [0.25, 0.3) is 0 Å². The molecule has 2 aliphatic rings. The first-order valence-corrected chi connectivity index (χ1v) is 14.5. The summed E-state index contributed by atoms with van der Waals surface area (Å²) in [4.78, 5) is 2.43. The van der Waals surface area contributed by atoms with Crippen LogP contribution in [0.3, 0.4) is 0 Å². The summed E-state index contributed by atoms with van der Waals surface area (Å²) in [6.07, 6.45) is 8.81. The van der Waals surface area contributed by atoms with Crippen LogP contribution in [0.1, 0.15) is 85.1 Å². The molecule has 2 fully saturated rings. The maximum atomic E-state index is 12.9. The molecule has 0 aromatic heterocycles. The van der Waals surface area contributed by atoms with E-state index >= 15 is 0 Å². The van der Waals surface area contributed by atoms with Crippen molar-refractivity contribution in [1.82, 2.24) is 0 Å². The summed E-state index contributed by atoms with van der Waals surface area (Å²) in [6, 6.07) is 9.10. The Bertz CT molecular complexity index is 798. The summed E-state index contributed by atoms with van der Waals surface area (Å²) < 4.78 is 31.2. The third kappa shape index (κ3) is 6.28. The average Bonchev–Trinajstić information content (AvgIpc) is 2.77. The van der Waals surface area contributed by atoms with Crippen LogP contribution in [0.4, 0.5) is 5.69 Å². The van der Waals surface area contributed by atoms with Crippen molar-refractivity contribution in [3.05, 3.63) is 29.8 Å². The summed E-state index contributed by atoms with van der Waals surface area (Å²) in [5, 5.41) is 0. The standard InChI is InChI=1S/C27H45NO3S/c1-6-27(5,7-2)32(29,30)20-25-12-10-23(11-13-25)8-9-24-14-16-26(17-15-24)28-18-21(3)31-22(4)19-28/h14-17,21-23,25H,6-13,18-20H2,1-5H3/t21-,22+,23?,25?. The third-order valence-corrected chi connectivity index (χ3v) is 11.2. The zero-order valence-corrected chi connectivity index (χ0v) is 21.8. The molecule has 1 aromatic carbocycles. The van der Waals surface area contributed by atoms with Crippen molar-refractivity contribution < 1.29 is 13.2 Å². The predicted molar refractivity (Wildman–Crippen MR) is 135 cm³/mol. The van der Waals surface area contributed by atoms with E-state index in [9.17, 15) is 8.42 Å². The van der Waals surface area contributed by atoms with Gasteiger partial charge < -0.3 is 9.64 Å². The highest BCUT2D eigenvalue weighted by atomic mass is 32.2. The highest BCUT2D eigenvalue weighted by Gasteiger charge is 2.37. The lowest BCUT2D eigenvalue weighted by Crippen LogP contribution is -2.45. The van der Waals surface area contributed by atoms with Gasteiger partial charge in [0.1, 0.15) is 0 Å². The summed E-state index contributed by atoms with van der Waals surface area (Å²) in [7, 11) is -3.03. The van der Waals surface area contributed by atoms with Gasteiger partial charge in [-0.15, -0.1) is 0 Å². The molecule has 0 bridgehead atoms. The van der Waals surface area contributed by atoms with E-state index in [0.717, 1.165) is 38.3 Å². The summed E-state index contributed by atoms with van der Waals surface area (Å²) in [5.74, 6) is 1.47. The van der Waals surface area contributed by atoms with Gasteiger partial charge in [-0.3, -0.25) is 0 Å². The summed E-state index contributed by atoms with van der Waals surface area (Å²) >= 11 is 0. The highest BCUT2D eigenvalue weighted by Crippen LogP contribution is 2.35. The van der Waals surface area contributed by atoms with Gasteiger partial charge in [0.15, 0.2) is 9.84 Å². The minimum Gasteiger partial charge on any atom is -0.372 e. The molecule has 3 rings (SSSR count). The number of nitrogens with zero attached hydrogens (tertiary/aromatic N) is 1. The van der Waals surface area contributed by atoms with Gasteiger partial charge in [-0.2, -0.15) is 0 Å². The van der Waals surface area contributed by atoms with Crippen LogP contribution in [-0.4, -0.2) is 44.2 Å². The maximum Gasteiger partial charge on any atom is 0.155 e. The van der Waals surface area contributed by atoms with E-state index in [1.54, 1.807) is 0 Å². The first-order chi connectivity index (χ1) is 15.2. The van der Waals surface area contributed by atoms with E-state index in [2.05, 4.69) is 43.0 Å². The molecule has 0 radical (unpaired) electrons. The number of benzene rings is 1. The fourth-order valence-corrected chi connectivity index (χ4v) is 7.76. The van der Waals surface area contributed by atoms with Gasteiger partial charge >= 0.3 is 0 Å². The Kier molecular flexibility index (Phi) is 8.71. The normalized spacial score (nSPS) is 27.5. The molecule has 5 heteroatoms. The van der Waals surface area contributed by atoms with E-state index in [1.165, 1.54) is 30.5 Å². The number of aryl methyl sites for hydroxylation is 1. The molecule has 0 amide bonds. The second-order valence-electron chi connectivity index (χ2n) is 10.7. The van der Waals surface area contributed by atoms with Gasteiger partial charge in [-0.05, 0) is 88.8 Å². The molecule has 0 N–H and O–H groups in total. The van der Waals surface area contributed by atoms with E-state index < -0.39 is 14.6 Å². The third-order valence-electron chi connectivity index (χ3n) is 8.23. The molecule has 1 heterocycles. The zero-order chi connectivity index (χ0) is 23.4. The average molecular weight is 464 g/mol. The molecule has 0 unspecified atom stereocenters. The molecule has 1 aliphatic heterocycles. The van der Waals surface area contributed by atoms with Gasteiger partial charge in [0, 0.05) is 18.8 Å². The Morgan fingerprint density at radius 3 is 2.00 bits per heavy atom. The number of sulfone groups is 1. The molecule has 1 aromatic rings. The number of hydrogen-bond donors (Lipinski definition) is 0. The number of ether oxygens (including phenoxy) is 1. The quantitative estimate of drug-likeness (QED) is 0.448. The lowest BCUT2D eigenvalue weighted by molar-refractivity contribution is -0.00521.